The zero-order chi connectivity index (χ0) is 16.4. The average Bonchev–Trinajstić information content (AvgIpc) is 2.56. The van der Waals surface area contributed by atoms with Gasteiger partial charge in [-0.25, -0.2) is 4.79 Å². The van der Waals surface area contributed by atoms with E-state index in [0.29, 0.717) is 6.42 Å². The minimum absolute atomic E-state index is 0.327. The van der Waals surface area contributed by atoms with E-state index in [1.165, 1.54) is 13.2 Å². The van der Waals surface area contributed by atoms with Crippen LogP contribution in [0.5, 0.6) is 5.75 Å². The molecule has 0 bridgehead atoms. The fourth-order valence-electron chi connectivity index (χ4n) is 1.73. The van der Waals surface area contributed by atoms with Crippen LogP contribution in [0.25, 0.3) is 6.08 Å². The van der Waals surface area contributed by atoms with Crippen LogP contribution < -0.4 is 10.1 Å². The molecule has 0 aliphatic carbocycles. The molecule has 0 saturated carbocycles. The molecule has 0 fully saturated rings. The maximum absolute atomic E-state index is 11.9. The zero-order valence-corrected chi connectivity index (χ0v) is 13.8. The van der Waals surface area contributed by atoms with Gasteiger partial charge in [0.2, 0.25) is 5.91 Å². The van der Waals surface area contributed by atoms with Gasteiger partial charge in [0.15, 0.2) is 0 Å². The number of methoxy groups -OCH3 is 2. The molecule has 120 valence electrons. The van der Waals surface area contributed by atoms with E-state index in [1.54, 1.807) is 24.9 Å². The van der Waals surface area contributed by atoms with Crippen LogP contribution in [0.4, 0.5) is 0 Å². The van der Waals surface area contributed by atoms with Gasteiger partial charge in [-0.2, -0.15) is 11.8 Å². The number of rotatable bonds is 8. The molecule has 1 rings (SSSR count). The summed E-state index contributed by atoms with van der Waals surface area (Å²) in [4.78, 5) is 23.5. The molecule has 0 aliphatic rings. The van der Waals surface area contributed by atoms with Crippen LogP contribution in [0, 0.1) is 0 Å². The molecule has 6 heteroatoms. The van der Waals surface area contributed by atoms with Crippen molar-refractivity contribution in [1.82, 2.24) is 5.32 Å². The first-order valence-electron chi connectivity index (χ1n) is 6.80. The fourth-order valence-corrected chi connectivity index (χ4v) is 2.21. The summed E-state index contributed by atoms with van der Waals surface area (Å²) in [5, 5.41) is 2.66. The van der Waals surface area contributed by atoms with E-state index in [4.69, 9.17) is 9.47 Å². The number of benzene rings is 1. The highest BCUT2D eigenvalue weighted by molar-refractivity contribution is 7.98. The summed E-state index contributed by atoms with van der Waals surface area (Å²) in [5.41, 5.74) is 0.870. The molecule has 1 aromatic rings. The Hall–Kier alpha value is -1.95. The van der Waals surface area contributed by atoms with Crippen LogP contribution in [0.15, 0.2) is 30.3 Å². The number of carbonyl (C=O) groups excluding carboxylic acids is 2. The molecule has 22 heavy (non-hydrogen) atoms. The lowest BCUT2D eigenvalue weighted by Crippen LogP contribution is -2.41. The van der Waals surface area contributed by atoms with Crippen molar-refractivity contribution in [3.8, 4) is 5.75 Å². The van der Waals surface area contributed by atoms with Crippen molar-refractivity contribution < 1.29 is 19.1 Å². The molecule has 0 spiro atoms. The van der Waals surface area contributed by atoms with Crippen LogP contribution in [-0.2, 0) is 14.3 Å². The van der Waals surface area contributed by atoms with E-state index in [1.807, 2.05) is 30.5 Å². The molecule has 5 nitrogen and oxygen atoms in total. The molecule has 1 amide bonds. The van der Waals surface area contributed by atoms with Gasteiger partial charge in [-0.3, -0.25) is 4.79 Å². The van der Waals surface area contributed by atoms with E-state index < -0.39 is 12.0 Å². The van der Waals surface area contributed by atoms with E-state index in [-0.39, 0.29) is 5.91 Å². The van der Waals surface area contributed by atoms with Gasteiger partial charge in [0.1, 0.15) is 11.8 Å². The second-order valence-corrected chi connectivity index (χ2v) is 5.46. The fraction of sp³-hybridized carbons (Fsp3) is 0.375. The van der Waals surface area contributed by atoms with Crippen molar-refractivity contribution in [1.29, 1.82) is 0 Å². The van der Waals surface area contributed by atoms with Crippen molar-refractivity contribution in [2.24, 2.45) is 0 Å². The lowest BCUT2D eigenvalue weighted by molar-refractivity contribution is -0.144. The van der Waals surface area contributed by atoms with Gasteiger partial charge < -0.3 is 14.8 Å². The predicted octanol–water partition coefficient (Wildman–Crippen LogP) is 2.12. The molecule has 0 unspecified atom stereocenters. The van der Waals surface area contributed by atoms with E-state index in [2.05, 4.69) is 5.32 Å². The van der Waals surface area contributed by atoms with Crippen LogP contribution in [0.1, 0.15) is 12.0 Å². The molecular formula is C16H21NO4S. The van der Waals surface area contributed by atoms with E-state index in [9.17, 15) is 9.59 Å². The molecule has 1 aromatic carbocycles. The third-order valence-corrected chi connectivity index (χ3v) is 3.60. The number of esters is 1. The maximum atomic E-state index is 11.9. The van der Waals surface area contributed by atoms with E-state index >= 15 is 0 Å². The van der Waals surface area contributed by atoms with Crippen LogP contribution >= 0.6 is 11.8 Å². The first-order chi connectivity index (χ1) is 10.6. The number of hydrogen-bond donors (Lipinski definition) is 1. The third-order valence-electron chi connectivity index (χ3n) is 2.96. The number of thioether (sulfide) groups is 1. The number of hydrogen-bond acceptors (Lipinski definition) is 5. The highest BCUT2D eigenvalue weighted by atomic mass is 32.2. The Kier molecular flexibility index (Phi) is 8.14. The second kappa shape index (κ2) is 9.89. The average molecular weight is 323 g/mol. The zero-order valence-electron chi connectivity index (χ0n) is 13.0. The second-order valence-electron chi connectivity index (χ2n) is 4.47. The van der Waals surface area contributed by atoms with Crippen molar-refractivity contribution in [2.45, 2.75) is 12.5 Å². The van der Waals surface area contributed by atoms with Gasteiger partial charge in [0.25, 0.3) is 0 Å². The van der Waals surface area contributed by atoms with Crippen molar-refractivity contribution in [3.63, 3.8) is 0 Å². The summed E-state index contributed by atoms with van der Waals surface area (Å²) in [6, 6.07) is 6.69. The Morgan fingerprint density at radius 2 is 1.95 bits per heavy atom. The summed E-state index contributed by atoms with van der Waals surface area (Å²) in [7, 11) is 2.91. The summed E-state index contributed by atoms with van der Waals surface area (Å²) < 4.78 is 9.76. The Labute approximate surface area is 135 Å². The van der Waals surface area contributed by atoms with Crippen molar-refractivity contribution >= 4 is 29.7 Å². The summed E-state index contributed by atoms with van der Waals surface area (Å²) in [5.74, 6) is 0.763. The third kappa shape index (κ3) is 6.22. The standard InChI is InChI=1S/C16H21NO4S/c1-20-13-7-4-12(5-8-13)6-9-15(18)17-14(10-11-22-3)16(19)21-2/h4-9,14H,10-11H2,1-3H3,(H,17,18)/b9-6+/t14-/m0/s1. The normalized spacial score (nSPS) is 12.0. The SMILES string of the molecule is COC(=O)[C@H](CCSC)NC(=O)/C=C/c1ccc(OC)cc1. The highest BCUT2D eigenvalue weighted by Gasteiger charge is 2.19. The molecule has 0 heterocycles. The van der Waals surface area contributed by atoms with Crippen molar-refractivity contribution in [3.05, 3.63) is 35.9 Å². The number of amides is 1. The molecule has 0 saturated heterocycles. The largest absolute Gasteiger partial charge is 0.497 e. The molecule has 0 aromatic heterocycles. The minimum Gasteiger partial charge on any atom is -0.497 e. The Morgan fingerprint density at radius 1 is 1.27 bits per heavy atom. The monoisotopic (exact) mass is 323 g/mol. The topological polar surface area (TPSA) is 64.6 Å². The molecule has 0 radical (unpaired) electrons. The smallest absolute Gasteiger partial charge is 0.328 e. The van der Waals surface area contributed by atoms with Crippen molar-refractivity contribution in [2.75, 3.05) is 26.2 Å². The van der Waals surface area contributed by atoms with Gasteiger partial charge in [-0.15, -0.1) is 0 Å². The van der Waals surface area contributed by atoms with E-state index in [0.717, 1.165) is 17.1 Å². The van der Waals surface area contributed by atoms with Gasteiger partial charge in [-0.1, -0.05) is 12.1 Å². The van der Waals surface area contributed by atoms with Crippen LogP contribution in [-0.4, -0.2) is 44.1 Å². The summed E-state index contributed by atoms with van der Waals surface area (Å²) in [6.45, 7) is 0. The van der Waals surface area contributed by atoms with Gasteiger partial charge in [0.05, 0.1) is 14.2 Å². The highest BCUT2D eigenvalue weighted by Crippen LogP contribution is 2.12. The predicted molar refractivity (Wildman–Crippen MR) is 89.0 cm³/mol. The van der Waals surface area contributed by atoms with Gasteiger partial charge >= 0.3 is 5.97 Å². The Morgan fingerprint density at radius 3 is 2.50 bits per heavy atom. The lowest BCUT2D eigenvalue weighted by atomic mass is 10.2. The van der Waals surface area contributed by atoms with Crippen LogP contribution in [0.3, 0.4) is 0 Å². The molecule has 1 atom stereocenters. The minimum atomic E-state index is -0.620. The molecular weight excluding hydrogens is 302 g/mol. The molecule has 0 aliphatic heterocycles. The summed E-state index contributed by atoms with van der Waals surface area (Å²) >= 11 is 1.61. The maximum Gasteiger partial charge on any atom is 0.328 e. The number of ether oxygens (including phenoxy) is 2. The first-order valence-corrected chi connectivity index (χ1v) is 8.19. The lowest BCUT2D eigenvalue weighted by Gasteiger charge is -2.14. The molecule has 1 N–H and O–H groups in total. The van der Waals surface area contributed by atoms with Gasteiger partial charge in [0, 0.05) is 6.08 Å². The quantitative estimate of drug-likeness (QED) is 0.586. The van der Waals surface area contributed by atoms with Gasteiger partial charge in [-0.05, 0) is 42.2 Å². The van der Waals surface area contributed by atoms with Crippen LogP contribution in [0.2, 0.25) is 0 Å². The number of nitrogens with one attached hydrogen (secondary N) is 1. The Balaban J connectivity index is 2.61. The summed E-state index contributed by atoms with van der Waals surface area (Å²) in [6.07, 6.45) is 5.56. The first kappa shape index (κ1) is 18.1. The Bertz CT molecular complexity index is 513. The number of carbonyl (C=O) groups is 2.